The minimum absolute atomic E-state index is 0.0597. The molecular formula is C18H20ClNO2. The molecule has 2 rings (SSSR count). The molecule has 3 nitrogen and oxygen atoms in total. The molecule has 0 saturated carbocycles. The van der Waals surface area contributed by atoms with E-state index in [-0.39, 0.29) is 5.91 Å². The zero-order valence-corrected chi connectivity index (χ0v) is 13.6. The van der Waals surface area contributed by atoms with E-state index in [1.54, 1.807) is 23.1 Å². The highest BCUT2D eigenvalue weighted by Gasteiger charge is 2.18. The Labute approximate surface area is 136 Å². The Morgan fingerprint density at radius 2 is 1.77 bits per heavy atom. The third-order valence-electron chi connectivity index (χ3n) is 3.46. The lowest BCUT2D eigenvalue weighted by Gasteiger charge is -2.20. The molecule has 2 aromatic rings. The highest BCUT2D eigenvalue weighted by molar-refractivity contribution is 6.31. The number of nitrogens with zero attached hydrogens (tertiary/aromatic N) is 1. The summed E-state index contributed by atoms with van der Waals surface area (Å²) < 4.78 is 5.83. The summed E-state index contributed by atoms with van der Waals surface area (Å²) in [4.78, 5) is 14.3. The van der Waals surface area contributed by atoms with E-state index < -0.39 is 0 Å². The molecule has 0 radical (unpaired) electrons. The molecule has 0 heterocycles. The van der Waals surface area contributed by atoms with Gasteiger partial charge >= 0.3 is 0 Å². The van der Waals surface area contributed by atoms with Crippen LogP contribution in [-0.2, 0) is 6.61 Å². The summed E-state index contributed by atoms with van der Waals surface area (Å²) in [6.07, 6.45) is 0. The highest BCUT2D eigenvalue weighted by atomic mass is 35.5. The van der Waals surface area contributed by atoms with Crippen molar-refractivity contribution in [2.75, 3.05) is 13.1 Å². The Hall–Kier alpha value is -2.00. The molecule has 0 aliphatic rings. The van der Waals surface area contributed by atoms with Crippen LogP contribution in [0.3, 0.4) is 0 Å². The number of benzene rings is 2. The van der Waals surface area contributed by atoms with Crippen LogP contribution < -0.4 is 4.74 Å². The molecule has 116 valence electrons. The van der Waals surface area contributed by atoms with Gasteiger partial charge in [0.15, 0.2) is 0 Å². The van der Waals surface area contributed by atoms with Gasteiger partial charge in [-0.15, -0.1) is 0 Å². The van der Waals surface area contributed by atoms with Crippen LogP contribution >= 0.6 is 11.6 Å². The average molecular weight is 318 g/mol. The number of halogens is 1. The number of rotatable bonds is 6. The van der Waals surface area contributed by atoms with Crippen LogP contribution in [0, 0.1) is 0 Å². The van der Waals surface area contributed by atoms with Crippen molar-refractivity contribution in [3.05, 3.63) is 64.7 Å². The van der Waals surface area contributed by atoms with Gasteiger partial charge in [-0.25, -0.2) is 0 Å². The van der Waals surface area contributed by atoms with Crippen molar-refractivity contribution in [3.8, 4) is 5.75 Å². The molecule has 0 atom stereocenters. The van der Waals surface area contributed by atoms with Gasteiger partial charge in [0.05, 0.1) is 5.56 Å². The van der Waals surface area contributed by atoms with E-state index >= 15 is 0 Å². The van der Waals surface area contributed by atoms with E-state index in [1.165, 1.54) is 0 Å². The molecule has 0 saturated heterocycles. The first-order valence-electron chi connectivity index (χ1n) is 7.41. The van der Waals surface area contributed by atoms with Crippen molar-refractivity contribution in [2.24, 2.45) is 0 Å². The average Bonchev–Trinajstić information content (AvgIpc) is 2.55. The van der Waals surface area contributed by atoms with Crippen LogP contribution in [0.4, 0.5) is 0 Å². The third-order valence-corrected chi connectivity index (χ3v) is 3.69. The molecular weight excluding hydrogens is 298 g/mol. The van der Waals surface area contributed by atoms with Crippen molar-refractivity contribution in [1.29, 1.82) is 0 Å². The summed E-state index contributed by atoms with van der Waals surface area (Å²) >= 11 is 6.04. The second-order valence-electron chi connectivity index (χ2n) is 4.89. The van der Waals surface area contributed by atoms with Gasteiger partial charge in [-0.1, -0.05) is 41.9 Å². The van der Waals surface area contributed by atoms with E-state index in [4.69, 9.17) is 16.3 Å². The van der Waals surface area contributed by atoms with Crippen LogP contribution in [0.15, 0.2) is 48.5 Å². The Morgan fingerprint density at radius 1 is 1.09 bits per heavy atom. The molecule has 0 N–H and O–H groups in total. The number of hydrogen-bond donors (Lipinski definition) is 0. The first kappa shape index (κ1) is 16.4. The second-order valence-corrected chi connectivity index (χ2v) is 5.33. The van der Waals surface area contributed by atoms with Gasteiger partial charge in [-0.05, 0) is 37.6 Å². The third kappa shape index (κ3) is 4.01. The Balaban J connectivity index is 2.22. The predicted molar refractivity (Wildman–Crippen MR) is 89.5 cm³/mol. The Morgan fingerprint density at radius 3 is 2.41 bits per heavy atom. The molecule has 0 aromatic heterocycles. The van der Waals surface area contributed by atoms with Crippen molar-refractivity contribution in [1.82, 2.24) is 4.90 Å². The van der Waals surface area contributed by atoms with Crippen molar-refractivity contribution < 1.29 is 9.53 Å². The number of carbonyl (C=O) groups is 1. The second kappa shape index (κ2) is 7.85. The SMILES string of the molecule is CCN(CC)C(=O)c1cc(Cl)ccc1OCc1ccccc1. The van der Waals surface area contributed by atoms with E-state index in [1.807, 2.05) is 44.2 Å². The molecule has 0 aliphatic heterocycles. The van der Waals surface area contributed by atoms with Crippen molar-refractivity contribution >= 4 is 17.5 Å². The Bertz CT molecular complexity index is 624. The molecule has 0 spiro atoms. The van der Waals surface area contributed by atoms with Crippen LogP contribution in [0.1, 0.15) is 29.8 Å². The molecule has 22 heavy (non-hydrogen) atoms. The van der Waals surface area contributed by atoms with Gasteiger partial charge in [0.2, 0.25) is 0 Å². The fourth-order valence-electron chi connectivity index (χ4n) is 2.21. The quantitative estimate of drug-likeness (QED) is 0.790. The summed E-state index contributed by atoms with van der Waals surface area (Å²) in [5.74, 6) is 0.501. The van der Waals surface area contributed by atoms with Gasteiger partial charge < -0.3 is 9.64 Å². The smallest absolute Gasteiger partial charge is 0.257 e. The Kier molecular flexibility index (Phi) is 5.84. The van der Waals surface area contributed by atoms with E-state index in [0.717, 1.165) is 5.56 Å². The van der Waals surface area contributed by atoms with Crippen LogP contribution in [0.2, 0.25) is 5.02 Å². The first-order valence-corrected chi connectivity index (χ1v) is 7.79. The maximum atomic E-state index is 12.6. The summed E-state index contributed by atoms with van der Waals surface area (Å²) in [7, 11) is 0. The monoisotopic (exact) mass is 317 g/mol. The lowest BCUT2D eigenvalue weighted by Crippen LogP contribution is -2.30. The number of carbonyl (C=O) groups excluding carboxylic acids is 1. The maximum Gasteiger partial charge on any atom is 0.257 e. The topological polar surface area (TPSA) is 29.5 Å². The molecule has 0 unspecified atom stereocenters. The van der Waals surface area contributed by atoms with Crippen LogP contribution in [0.5, 0.6) is 5.75 Å². The normalized spacial score (nSPS) is 10.3. The molecule has 4 heteroatoms. The lowest BCUT2D eigenvalue weighted by molar-refractivity contribution is 0.0768. The number of ether oxygens (including phenoxy) is 1. The van der Waals surface area contributed by atoms with Crippen LogP contribution in [-0.4, -0.2) is 23.9 Å². The number of hydrogen-bond acceptors (Lipinski definition) is 2. The van der Waals surface area contributed by atoms with Gasteiger partial charge in [-0.3, -0.25) is 4.79 Å². The minimum Gasteiger partial charge on any atom is -0.488 e. The van der Waals surface area contributed by atoms with Crippen molar-refractivity contribution in [2.45, 2.75) is 20.5 Å². The van der Waals surface area contributed by atoms with Gasteiger partial charge in [0.1, 0.15) is 12.4 Å². The van der Waals surface area contributed by atoms with E-state index in [0.29, 0.717) is 36.0 Å². The van der Waals surface area contributed by atoms with E-state index in [2.05, 4.69) is 0 Å². The largest absolute Gasteiger partial charge is 0.488 e. The highest BCUT2D eigenvalue weighted by Crippen LogP contribution is 2.25. The molecule has 2 aromatic carbocycles. The fraction of sp³-hybridized carbons (Fsp3) is 0.278. The van der Waals surface area contributed by atoms with Gasteiger partial charge in [0, 0.05) is 18.1 Å². The lowest BCUT2D eigenvalue weighted by atomic mass is 10.1. The van der Waals surface area contributed by atoms with Gasteiger partial charge in [-0.2, -0.15) is 0 Å². The molecule has 0 bridgehead atoms. The van der Waals surface area contributed by atoms with Gasteiger partial charge in [0.25, 0.3) is 5.91 Å². The maximum absolute atomic E-state index is 12.6. The summed E-state index contributed by atoms with van der Waals surface area (Å²) in [6.45, 7) is 5.63. The molecule has 0 fully saturated rings. The first-order chi connectivity index (χ1) is 10.7. The number of amides is 1. The fourth-order valence-corrected chi connectivity index (χ4v) is 2.38. The molecule has 0 aliphatic carbocycles. The standard InChI is InChI=1S/C18H20ClNO2/c1-3-20(4-2)18(21)16-12-15(19)10-11-17(16)22-13-14-8-6-5-7-9-14/h5-12H,3-4,13H2,1-2H3. The zero-order valence-electron chi connectivity index (χ0n) is 12.9. The van der Waals surface area contributed by atoms with Crippen molar-refractivity contribution in [3.63, 3.8) is 0 Å². The summed E-state index contributed by atoms with van der Waals surface area (Å²) in [6, 6.07) is 15.0. The summed E-state index contributed by atoms with van der Waals surface area (Å²) in [5, 5.41) is 0.530. The van der Waals surface area contributed by atoms with Crippen LogP contribution in [0.25, 0.3) is 0 Å². The minimum atomic E-state index is -0.0597. The summed E-state index contributed by atoms with van der Waals surface area (Å²) in [5.41, 5.74) is 1.56. The zero-order chi connectivity index (χ0) is 15.9. The van der Waals surface area contributed by atoms with E-state index in [9.17, 15) is 4.79 Å². The predicted octanol–water partition coefficient (Wildman–Crippen LogP) is 4.40. The molecule has 1 amide bonds.